The average molecular weight is 359 g/mol. The van der Waals surface area contributed by atoms with Gasteiger partial charge in [-0.25, -0.2) is 0 Å². The van der Waals surface area contributed by atoms with Gasteiger partial charge < -0.3 is 5.32 Å². The molecular formula is C16H27BrN2S. The summed E-state index contributed by atoms with van der Waals surface area (Å²) < 4.78 is 1.26. The Hall–Kier alpha value is 0.1000. The fraction of sp³-hybridized carbons (Fsp3) is 0.750. The van der Waals surface area contributed by atoms with Gasteiger partial charge in [0.1, 0.15) is 0 Å². The van der Waals surface area contributed by atoms with Crippen molar-refractivity contribution in [2.45, 2.75) is 58.7 Å². The van der Waals surface area contributed by atoms with E-state index in [1.54, 1.807) is 0 Å². The highest BCUT2D eigenvalue weighted by atomic mass is 79.9. The van der Waals surface area contributed by atoms with Gasteiger partial charge in [-0.05, 0) is 46.6 Å². The van der Waals surface area contributed by atoms with Crippen LogP contribution in [0.2, 0.25) is 0 Å². The zero-order valence-corrected chi connectivity index (χ0v) is 15.5. The van der Waals surface area contributed by atoms with Gasteiger partial charge >= 0.3 is 0 Å². The monoisotopic (exact) mass is 358 g/mol. The van der Waals surface area contributed by atoms with Crippen molar-refractivity contribution in [2.24, 2.45) is 5.92 Å². The van der Waals surface area contributed by atoms with Crippen LogP contribution in [0.5, 0.6) is 0 Å². The summed E-state index contributed by atoms with van der Waals surface area (Å²) in [5.74, 6) is 0.741. The van der Waals surface area contributed by atoms with Crippen LogP contribution in [-0.2, 0) is 6.54 Å². The zero-order chi connectivity index (χ0) is 14.8. The first-order valence-electron chi connectivity index (χ1n) is 7.70. The number of nitrogens with one attached hydrogen (secondary N) is 1. The van der Waals surface area contributed by atoms with Gasteiger partial charge in [0.25, 0.3) is 0 Å². The van der Waals surface area contributed by atoms with Gasteiger partial charge in [-0.2, -0.15) is 0 Å². The van der Waals surface area contributed by atoms with Gasteiger partial charge in [0.15, 0.2) is 0 Å². The van der Waals surface area contributed by atoms with Crippen LogP contribution in [0.15, 0.2) is 15.9 Å². The van der Waals surface area contributed by atoms with Gasteiger partial charge in [0.2, 0.25) is 0 Å². The van der Waals surface area contributed by atoms with Gasteiger partial charge in [-0.15, -0.1) is 11.3 Å². The molecule has 0 radical (unpaired) electrons. The van der Waals surface area contributed by atoms with E-state index in [9.17, 15) is 0 Å². The minimum Gasteiger partial charge on any atom is -0.311 e. The minimum absolute atomic E-state index is 0.271. The smallest absolute Gasteiger partial charge is 0.0345 e. The lowest BCUT2D eigenvalue weighted by atomic mass is 9.88. The van der Waals surface area contributed by atoms with E-state index in [-0.39, 0.29) is 5.54 Å². The topological polar surface area (TPSA) is 15.3 Å². The summed E-state index contributed by atoms with van der Waals surface area (Å²) in [5, 5.41) is 5.96. The molecule has 0 bridgehead atoms. The predicted molar refractivity (Wildman–Crippen MR) is 92.4 cm³/mol. The van der Waals surface area contributed by atoms with E-state index < -0.39 is 0 Å². The lowest BCUT2D eigenvalue weighted by Gasteiger charge is -2.49. The third-order valence-electron chi connectivity index (χ3n) is 5.04. The Kier molecular flexibility index (Phi) is 5.69. The number of halogens is 1. The molecule has 1 aliphatic heterocycles. The van der Waals surface area contributed by atoms with Crippen LogP contribution in [-0.4, -0.2) is 29.6 Å². The molecule has 0 aliphatic carbocycles. The Labute approximate surface area is 136 Å². The Morgan fingerprint density at radius 2 is 2.30 bits per heavy atom. The zero-order valence-electron chi connectivity index (χ0n) is 13.1. The van der Waals surface area contributed by atoms with Crippen molar-refractivity contribution in [2.75, 3.05) is 13.1 Å². The standard InChI is InChI=1S/C16H27BrN2S/c1-5-12(3)14-9-19(16(4,6-2)11-18-14)10-15-13(17)7-8-20-15/h7-8,12,14,18H,5-6,9-11H2,1-4H3. The Balaban J connectivity index is 2.13. The summed E-state index contributed by atoms with van der Waals surface area (Å²) in [7, 11) is 0. The fourth-order valence-electron chi connectivity index (χ4n) is 2.87. The van der Waals surface area contributed by atoms with Crippen molar-refractivity contribution in [1.82, 2.24) is 10.2 Å². The fourth-order valence-corrected chi connectivity index (χ4v) is 4.36. The molecule has 1 N–H and O–H groups in total. The van der Waals surface area contributed by atoms with Crippen molar-refractivity contribution in [3.63, 3.8) is 0 Å². The van der Waals surface area contributed by atoms with Crippen LogP contribution in [0.3, 0.4) is 0 Å². The summed E-state index contributed by atoms with van der Waals surface area (Å²) in [4.78, 5) is 4.14. The van der Waals surface area contributed by atoms with E-state index in [0.717, 1.165) is 25.6 Å². The maximum Gasteiger partial charge on any atom is 0.0345 e. The molecule has 2 rings (SSSR count). The molecule has 1 saturated heterocycles. The Morgan fingerprint density at radius 1 is 1.55 bits per heavy atom. The maximum absolute atomic E-state index is 3.79. The molecule has 1 aromatic rings. The molecule has 4 heteroatoms. The van der Waals surface area contributed by atoms with Crippen LogP contribution in [0.4, 0.5) is 0 Å². The SMILES string of the molecule is CCC(C)C1CN(Cc2sccc2Br)C(C)(CC)CN1. The second-order valence-corrected chi connectivity index (χ2v) is 8.15. The van der Waals surface area contributed by atoms with Gasteiger partial charge in [0, 0.05) is 40.6 Å². The van der Waals surface area contributed by atoms with Crippen LogP contribution in [0.1, 0.15) is 45.4 Å². The van der Waals surface area contributed by atoms with Crippen LogP contribution >= 0.6 is 27.3 Å². The molecule has 1 aromatic heterocycles. The third-order valence-corrected chi connectivity index (χ3v) is 6.95. The maximum atomic E-state index is 3.79. The summed E-state index contributed by atoms with van der Waals surface area (Å²) in [5.41, 5.74) is 0.271. The number of nitrogens with zero attached hydrogens (tertiary/aromatic N) is 1. The van der Waals surface area contributed by atoms with E-state index in [0.29, 0.717) is 6.04 Å². The molecule has 2 nitrogen and oxygen atoms in total. The highest BCUT2D eigenvalue weighted by Gasteiger charge is 2.37. The number of hydrogen-bond donors (Lipinski definition) is 1. The number of rotatable bonds is 5. The summed E-state index contributed by atoms with van der Waals surface area (Å²) in [6.07, 6.45) is 2.44. The molecule has 0 saturated carbocycles. The first-order chi connectivity index (χ1) is 9.50. The Bertz CT molecular complexity index is 434. The largest absolute Gasteiger partial charge is 0.311 e. The van der Waals surface area contributed by atoms with Crippen molar-refractivity contribution >= 4 is 27.3 Å². The highest BCUT2D eigenvalue weighted by molar-refractivity contribution is 9.10. The summed E-state index contributed by atoms with van der Waals surface area (Å²) in [6.45, 7) is 12.7. The minimum atomic E-state index is 0.271. The van der Waals surface area contributed by atoms with E-state index in [4.69, 9.17) is 0 Å². The number of thiophene rings is 1. The first kappa shape index (κ1) is 16.5. The molecule has 0 spiro atoms. The lowest BCUT2D eigenvalue weighted by molar-refractivity contribution is 0.0301. The number of piperazine rings is 1. The average Bonchev–Trinajstić information content (AvgIpc) is 2.86. The van der Waals surface area contributed by atoms with Crippen molar-refractivity contribution in [3.8, 4) is 0 Å². The van der Waals surface area contributed by atoms with Crippen LogP contribution in [0, 0.1) is 5.92 Å². The highest BCUT2D eigenvalue weighted by Crippen LogP contribution is 2.31. The second kappa shape index (κ2) is 6.91. The van der Waals surface area contributed by atoms with E-state index in [2.05, 4.69) is 65.3 Å². The normalized spacial score (nSPS) is 29.6. The molecule has 2 heterocycles. The summed E-state index contributed by atoms with van der Waals surface area (Å²) >= 11 is 5.54. The van der Waals surface area contributed by atoms with E-state index in [1.165, 1.54) is 22.2 Å². The molecule has 1 aliphatic rings. The first-order valence-corrected chi connectivity index (χ1v) is 9.37. The molecule has 0 aromatic carbocycles. The summed E-state index contributed by atoms with van der Waals surface area (Å²) in [6, 6.07) is 2.79. The molecule has 20 heavy (non-hydrogen) atoms. The van der Waals surface area contributed by atoms with E-state index >= 15 is 0 Å². The van der Waals surface area contributed by atoms with Crippen molar-refractivity contribution < 1.29 is 0 Å². The predicted octanol–water partition coefficient (Wildman–Crippen LogP) is 4.50. The molecule has 1 fully saturated rings. The third kappa shape index (κ3) is 3.46. The molecule has 3 unspecified atom stereocenters. The van der Waals surface area contributed by atoms with Gasteiger partial charge in [-0.1, -0.05) is 27.2 Å². The second-order valence-electron chi connectivity index (χ2n) is 6.30. The van der Waals surface area contributed by atoms with Gasteiger partial charge in [0.05, 0.1) is 0 Å². The lowest BCUT2D eigenvalue weighted by Crippen LogP contribution is -2.63. The molecule has 0 amide bonds. The van der Waals surface area contributed by atoms with Crippen molar-refractivity contribution in [3.05, 3.63) is 20.8 Å². The molecule has 114 valence electrons. The van der Waals surface area contributed by atoms with E-state index in [1.807, 2.05) is 11.3 Å². The molecule has 3 atom stereocenters. The number of hydrogen-bond acceptors (Lipinski definition) is 3. The molecular weight excluding hydrogens is 332 g/mol. The van der Waals surface area contributed by atoms with Crippen LogP contribution in [0.25, 0.3) is 0 Å². The quantitative estimate of drug-likeness (QED) is 0.833. The Morgan fingerprint density at radius 3 is 2.85 bits per heavy atom. The van der Waals surface area contributed by atoms with Gasteiger partial charge in [-0.3, -0.25) is 4.90 Å². The van der Waals surface area contributed by atoms with Crippen LogP contribution < -0.4 is 5.32 Å². The van der Waals surface area contributed by atoms with Crippen molar-refractivity contribution in [1.29, 1.82) is 0 Å².